The number of fused-ring (bicyclic) bond motifs is 1. The van der Waals surface area contributed by atoms with Crippen LogP contribution in [0.15, 0.2) is 16.6 Å². The summed E-state index contributed by atoms with van der Waals surface area (Å²) in [6.07, 6.45) is 3.41. The molecular weight excluding hydrogens is 322 g/mol. The Hall–Kier alpha value is -0.670. The molecule has 1 saturated heterocycles. The molecular formula is C11H14ClN3O3S2. The lowest BCUT2D eigenvalue weighted by Gasteiger charge is -2.09. The van der Waals surface area contributed by atoms with Gasteiger partial charge in [0.1, 0.15) is 0 Å². The van der Waals surface area contributed by atoms with Crippen LogP contribution in [0.4, 0.5) is 0 Å². The smallest absolute Gasteiger partial charge is 0.259 e. The highest BCUT2D eigenvalue weighted by Gasteiger charge is 2.25. The molecule has 0 radical (unpaired) electrons. The third-order valence-electron chi connectivity index (χ3n) is 3.30. The largest absolute Gasteiger partial charge is 0.381 e. The second-order valence-corrected chi connectivity index (χ2v) is 7.59. The Morgan fingerprint density at radius 1 is 1.60 bits per heavy atom. The van der Waals surface area contributed by atoms with Gasteiger partial charge in [0.15, 0.2) is 15.1 Å². The highest BCUT2D eigenvalue weighted by atomic mass is 35.5. The van der Waals surface area contributed by atoms with E-state index in [-0.39, 0.29) is 10.2 Å². The van der Waals surface area contributed by atoms with Crippen LogP contribution < -0.4 is 4.72 Å². The van der Waals surface area contributed by atoms with Crippen LogP contribution in [-0.4, -0.2) is 37.6 Å². The number of halogens is 1. The van der Waals surface area contributed by atoms with Crippen molar-refractivity contribution in [1.82, 2.24) is 14.1 Å². The Bertz CT molecular complexity index is 704. The highest BCUT2D eigenvalue weighted by molar-refractivity contribution is 7.89. The van der Waals surface area contributed by atoms with E-state index in [1.807, 2.05) is 0 Å². The van der Waals surface area contributed by atoms with Crippen molar-refractivity contribution in [2.45, 2.75) is 17.9 Å². The van der Waals surface area contributed by atoms with Gasteiger partial charge >= 0.3 is 0 Å². The van der Waals surface area contributed by atoms with Crippen molar-refractivity contribution in [2.24, 2.45) is 5.92 Å². The van der Waals surface area contributed by atoms with E-state index in [1.165, 1.54) is 15.7 Å². The number of aromatic nitrogens is 2. The Morgan fingerprint density at radius 3 is 3.20 bits per heavy atom. The van der Waals surface area contributed by atoms with Crippen LogP contribution in [0.5, 0.6) is 0 Å². The fraction of sp³-hybridized carbons (Fsp3) is 0.545. The summed E-state index contributed by atoms with van der Waals surface area (Å²) in [5.41, 5.74) is 0. The van der Waals surface area contributed by atoms with E-state index >= 15 is 0 Å². The Morgan fingerprint density at radius 2 is 2.45 bits per heavy atom. The fourth-order valence-electron chi connectivity index (χ4n) is 2.26. The zero-order valence-corrected chi connectivity index (χ0v) is 13.0. The van der Waals surface area contributed by atoms with Crippen LogP contribution in [0.25, 0.3) is 4.96 Å². The molecule has 2 aromatic heterocycles. The van der Waals surface area contributed by atoms with Gasteiger partial charge in [0.2, 0.25) is 0 Å². The molecule has 9 heteroatoms. The first kappa shape index (κ1) is 14.3. The van der Waals surface area contributed by atoms with Crippen molar-refractivity contribution in [1.29, 1.82) is 0 Å². The molecule has 3 rings (SSSR count). The summed E-state index contributed by atoms with van der Waals surface area (Å²) < 4.78 is 34.0. The van der Waals surface area contributed by atoms with Gasteiger partial charge in [-0.2, -0.15) is 0 Å². The molecule has 2 aromatic rings. The lowest BCUT2D eigenvalue weighted by Crippen LogP contribution is -2.27. The quantitative estimate of drug-likeness (QED) is 0.903. The van der Waals surface area contributed by atoms with Crippen LogP contribution in [0.2, 0.25) is 5.15 Å². The third kappa shape index (κ3) is 2.71. The SMILES string of the molecule is O=S(=O)(NCCC1CCOC1)c1c(Cl)nc2sccn12. The molecule has 1 aliphatic heterocycles. The van der Waals surface area contributed by atoms with E-state index in [0.29, 0.717) is 24.0 Å². The molecule has 1 N–H and O–H groups in total. The normalized spacial score (nSPS) is 19.9. The van der Waals surface area contributed by atoms with Crippen LogP contribution in [-0.2, 0) is 14.8 Å². The number of nitrogens with zero attached hydrogens (tertiary/aromatic N) is 2. The van der Waals surface area contributed by atoms with Gasteiger partial charge in [-0.25, -0.2) is 18.1 Å². The van der Waals surface area contributed by atoms with Crippen LogP contribution >= 0.6 is 22.9 Å². The highest BCUT2D eigenvalue weighted by Crippen LogP contribution is 2.25. The topological polar surface area (TPSA) is 72.7 Å². The Balaban J connectivity index is 1.74. The average molecular weight is 336 g/mol. The molecule has 0 aliphatic carbocycles. The maximum Gasteiger partial charge on any atom is 0.259 e. The minimum atomic E-state index is -3.65. The summed E-state index contributed by atoms with van der Waals surface area (Å²) in [6.45, 7) is 1.86. The monoisotopic (exact) mass is 335 g/mol. The predicted octanol–water partition coefficient (Wildman–Crippen LogP) is 1.75. The molecule has 20 heavy (non-hydrogen) atoms. The first-order valence-electron chi connectivity index (χ1n) is 6.26. The lowest BCUT2D eigenvalue weighted by atomic mass is 10.1. The third-order valence-corrected chi connectivity index (χ3v) is 5.92. The Kier molecular flexibility index (Phi) is 4.00. The summed E-state index contributed by atoms with van der Waals surface area (Å²) >= 11 is 7.28. The second kappa shape index (κ2) is 5.61. The van der Waals surface area contributed by atoms with E-state index < -0.39 is 10.0 Å². The van der Waals surface area contributed by atoms with Crippen molar-refractivity contribution in [2.75, 3.05) is 19.8 Å². The van der Waals surface area contributed by atoms with Crippen LogP contribution in [0, 0.1) is 5.92 Å². The molecule has 0 saturated carbocycles. The van der Waals surface area contributed by atoms with E-state index in [4.69, 9.17) is 16.3 Å². The molecule has 1 atom stereocenters. The standard InChI is InChI=1S/C11H14ClN3O3S2/c12-9-10(15-4-6-19-11(15)14-9)20(16,17)13-3-1-8-2-5-18-7-8/h4,6,8,13H,1-3,5,7H2. The second-order valence-electron chi connectivity index (χ2n) is 4.68. The maximum absolute atomic E-state index is 12.3. The molecule has 0 amide bonds. The van der Waals surface area contributed by atoms with Gasteiger partial charge in [0.25, 0.3) is 10.0 Å². The molecule has 1 unspecified atom stereocenters. The van der Waals surface area contributed by atoms with E-state index in [9.17, 15) is 8.42 Å². The first-order chi connectivity index (χ1) is 9.58. The maximum atomic E-state index is 12.3. The van der Waals surface area contributed by atoms with E-state index in [1.54, 1.807) is 11.6 Å². The first-order valence-corrected chi connectivity index (χ1v) is 9.00. The van der Waals surface area contributed by atoms with Crippen molar-refractivity contribution < 1.29 is 13.2 Å². The molecule has 110 valence electrons. The molecule has 1 aliphatic rings. The van der Waals surface area contributed by atoms with Gasteiger partial charge in [-0.05, 0) is 18.8 Å². The summed E-state index contributed by atoms with van der Waals surface area (Å²) in [6, 6.07) is 0. The van der Waals surface area contributed by atoms with E-state index in [0.717, 1.165) is 19.4 Å². The number of thiazole rings is 1. The van der Waals surface area contributed by atoms with Crippen LogP contribution in [0.3, 0.4) is 0 Å². The number of nitrogens with one attached hydrogen (secondary N) is 1. The predicted molar refractivity (Wildman–Crippen MR) is 76.8 cm³/mol. The van der Waals surface area contributed by atoms with Crippen molar-refractivity contribution in [3.8, 4) is 0 Å². The number of hydrogen-bond acceptors (Lipinski definition) is 5. The molecule has 3 heterocycles. The van der Waals surface area contributed by atoms with Gasteiger partial charge in [0, 0.05) is 31.3 Å². The van der Waals surface area contributed by atoms with E-state index in [2.05, 4.69) is 9.71 Å². The fourth-order valence-corrected chi connectivity index (χ4v) is 4.75. The number of ether oxygens (including phenoxy) is 1. The molecule has 6 nitrogen and oxygen atoms in total. The van der Waals surface area contributed by atoms with Gasteiger partial charge in [-0.1, -0.05) is 11.6 Å². The molecule has 0 spiro atoms. The number of imidazole rings is 1. The summed E-state index contributed by atoms with van der Waals surface area (Å²) in [7, 11) is -3.65. The number of sulfonamides is 1. The van der Waals surface area contributed by atoms with Crippen molar-refractivity contribution in [3.63, 3.8) is 0 Å². The average Bonchev–Trinajstić information content (AvgIpc) is 3.04. The van der Waals surface area contributed by atoms with Crippen LogP contribution in [0.1, 0.15) is 12.8 Å². The van der Waals surface area contributed by atoms with Crippen molar-refractivity contribution >= 4 is 37.9 Å². The lowest BCUT2D eigenvalue weighted by molar-refractivity contribution is 0.184. The Labute approximate surface area is 125 Å². The van der Waals surface area contributed by atoms with Gasteiger partial charge < -0.3 is 4.74 Å². The number of hydrogen-bond donors (Lipinski definition) is 1. The molecule has 0 bridgehead atoms. The minimum Gasteiger partial charge on any atom is -0.381 e. The minimum absolute atomic E-state index is 0.00792. The van der Waals surface area contributed by atoms with Gasteiger partial charge in [-0.15, -0.1) is 11.3 Å². The number of rotatable bonds is 5. The van der Waals surface area contributed by atoms with Gasteiger partial charge in [0.05, 0.1) is 0 Å². The van der Waals surface area contributed by atoms with Gasteiger partial charge in [-0.3, -0.25) is 4.40 Å². The summed E-state index contributed by atoms with van der Waals surface area (Å²) in [4.78, 5) is 4.60. The zero-order valence-electron chi connectivity index (χ0n) is 10.6. The zero-order chi connectivity index (χ0) is 14.2. The molecule has 0 aromatic carbocycles. The molecule has 1 fully saturated rings. The summed E-state index contributed by atoms with van der Waals surface area (Å²) in [5.74, 6) is 0.430. The van der Waals surface area contributed by atoms with Crippen molar-refractivity contribution in [3.05, 3.63) is 16.7 Å². The summed E-state index contributed by atoms with van der Waals surface area (Å²) in [5, 5.41) is 1.79.